The third-order valence-corrected chi connectivity index (χ3v) is 6.55. The van der Waals surface area contributed by atoms with E-state index in [1.807, 2.05) is 18.2 Å². The van der Waals surface area contributed by atoms with E-state index in [4.69, 9.17) is 0 Å². The molecule has 4 heterocycles. The average Bonchev–Trinajstić information content (AvgIpc) is 3.38. The van der Waals surface area contributed by atoms with E-state index in [1.165, 1.54) is 16.2 Å². The van der Waals surface area contributed by atoms with E-state index in [2.05, 4.69) is 15.3 Å². The van der Waals surface area contributed by atoms with Crippen LogP contribution in [0.5, 0.6) is 0 Å². The Hall–Kier alpha value is -3.46. The number of H-pyrrole nitrogens is 1. The van der Waals surface area contributed by atoms with Gasteiger partial charge in [0.2, 0.25) is 5.91 Å². The highest BCUT2D eigenvalue weighted by Gasteiger charge is 2.34. The normalized spacial score (nSPS) is 16.0. The summed E-state index contributed by atoms with van der Waals surface area (Å²) < 4.78 is 0. The molecule has 0 aliphatic carbocycles. The lowest BCUT2D eigenvalue weighted by Gasteiger charge is -2.27. The summed E-state index contributed by atoms with van der Waals surface area (Å²) in [7, 11) is 1.63. The number of thiophene rings is 1. The highest BCUT2D eigenvalue weighted by molar-refractivity contribution is 7.17. The van der Waals surface area contributed by atoms with Crippen molar-refractivity contribution in [3.05, 3.63) is 58.2 Å². The molecule has 3 amide bonds. The van der Waals surface area contributed by atoms with Crippen LogP contribution in [0.3, 0.4) is 0 Å². The van der Waals surface area contributed by atoms with E-state index in [0.29, 0.717) is 41.5 Å². The molecule has 0 saturated carbocycles. The summed E-state index contributed by atoms with van der Waals surface area (Å²) in [5.41, 5.74) is 2.97. The van der Waals surface area contributed by atoms with Crippen molar-refractivity contribution in [2.24, 2.45) is 0 Å². The lowest BCUT2D eigenvalue weighted by Crippen LogP contribution is -2.36. The first-order valence-corrected chi connectivity index (χ1v) is 10.4. The number of amides is 3. The Morgan fingerprint density at radius 2 is 2.10 bits per heavy atom. The van der Waals surface area contributed by atoms with E-state index in [1.54, 1.807) is 30.4 Å². The molecule has 0 radical (unpaired) electrons. The van der Waals surface area contributed by atoms with E-state index in [0.717, 1.165) is 16.0 Å². The predicted molar refractivity (Wildman–Crippen MR) is 112 cm³/mol. The molecule has 152 valence electrons. The molecule has 5 rings (SSSR count). The van der Waals surface area contributed by atoms with Crippen molar-refractivity contribution in [1.29, 1.82) is 0 Å². The molecule has 2 N–H and O–H groups in total. The number of carbonyl (C=O) groups is 3. The zero-order valence-corrected chi connectivity index (χ0v) is 17.1. The van der Waals surface area contributed by atoms with Gasteiger partial charge in [-0.2, -0.15) is 0 Å². The van der Waals surface area contributed by atoms with Crippen LogP contribution >= 0.6 is 11.3 Å². The summed E-state index contributed by atoms with van der Waals surface area (Å²) in [5.74, 6) is 0.300. The van der Waals surface area contributed by atoms with Crippen LogP contribution in [0.1, 0.15) is 31.2 Å². The van der Waals surface area contributed by atoms with E-state index in [-0.39, 0.29) is 24.3 Å². The van der Waals surface area contributed by atoms with Crippen LogP contribution in [0, 0.1) is 0 Å². The third kappa shape index (κ3) is 3.07. The van der Waals surface area contributed by atoms with Gasteiger partial charge in [-0.15, -0.1) is 11.3 Å². The molecule has 0 spiro atoms. The maximum Gasteiger partial charge on any atom is 0.257 e. The van der Waals surface area contributed by atoms with Crippen LogP contribution in [0.2, 0.25) is 0 Å². The quantitative estimate of drug-likeness (QED) is 0.664. The number of rotatable bonds is 2. The van der Waals surface area contributed by atoms with Gasteiger partial charge in [0.05, 0.1) is 18.7 Å². The van der Waals surface area contributed by atoms with E-state index < -0.39 is 0 Å². The number of aromatic amines is 1. The second-order valence-corrected chi connectivity index (χ2v) is 8.52. The Labute approximate surface area is 176 Å². The summed E-state index contributed by atoms with van der Waals surface area (Å²) in [6.07, 6.45) is 4.00. The van der Waals surface area contributed by atoms with Crippen molar-refractivity contribution in [2.45, 2.75) is 13.0 Å². The summed E-state index contributed by atoms with van der Waals surface area (Å²) in [4.78, 5) is 49.4. The summed E-state index contributed by atoms with van der Waals surface area (Å²) in [6.45, 7) is 0.986. The summed E-state index contributed by atoms with van der Waals surface area (Å²) >= 11 is 1.39. The largest absolute Gasteiger partial charge is 0.345 e. The number of anilines is 1. The number of likely N-dealkylation sites (N-methyl/N-ethyl adjacent to an activating group) is 1. The van der Waals surface area contributed by atoms with Gasteiger partial charge in [0.15, 0.2) is 0 Å². The molecular formula is C21H19N5O3S. The summed E-state index contributed by atoms with van der Waals surface area (Å²) in [5, 5.41) is 3.43. The number of hydrogen-bond donors (Lipinski definition) is 2. The highest BCUT2D eigenvalue weighted by atomic mass is 32.1. The van der Waals surface area contributed by atoms with Gasteiger partial charge in [-0.05, 0) is 24.1 Å². The molecule has 2 aromatic heterocycles. The molecule has 9 heteroatoms. The fraction of sp³-hybridized carbons (Fsp3) is 0.238. The van der Waals surface area contributed by atoms with Crippen LogP contribution in [-0.4, -0.2) is 57.6 Å². The molecule has 1 aromatic carbocycles. The van der Waals surface area contributed by atoms with Crippen LogP contribution in [0.25, 0.3) is 11.4 Å². The fourth-order valence-corrected chi connectivity index (χ4v) is 5.21. The predicted octanol–water partition coefficient (Wildman–Crippen LogP) is 2.36. The molecule has 30 heavy (non-hydrogen) atoms. The average molecular weight is 421 g/mol. The Bertz CT molecular complexity index is 1170. The lowest BCUT2D eigenvalue weighted by molar-refractivity contribution is -0.116. The van der Waals surface area contributed by atoms with Crippen molar-refractivity contribution in [2.75, 3.05) is 25.5 Å². The molecule has 3 aromatic rings. The molecule has 0 saturated heterocycles. The molecule has 0 fully saturated rings. The van der Waals surface area contributed by atoms with Crippen LogP contribution in [0.15, 0.2) is 36.7 Å². The number of nitrogens with one attached hydrogen (secondary N) is 2. The van der Waals surface area contributed by atoms with Crippen LogP contribution in [0.4, 0.5) is 5.00 Å². The molecule has 2 aliphatic rings. The molecule has 0 bridgehead atoms. The van der Waals surface area contributed by atoms with Crippen LogP contribution < -0.4 is 5.32 Å². The number of nitrogens with zero attached hydrogens (tertiary/aromatic N) is 3. The monoisotopic (exact) mass is 421 g/mol. The van der Waals surface area contributed by atoms with Crippen molar-refractivity contribution in [1.82, 2.24) is 19.8 Å². The fourth-order valence-electron chi connectivity index (χ4n) is 3.94. The lowest BCUT2D eigenvalue weighted by atomic mass is 10.0. The minimum Gasteiger partial charge on any atom is -0.345 e. The van der Waals surface area contributed by atoms with Crippen molar-refractivity contribution in [3.8, 4) is 11.4 Å². The van der Waals surface area contributed by atoms with Gasteiger partial charge in [-0.1, -0.05) is 12.1 Å². The first kappa shape index (κ1) is 18.6. The number of fused-ring (bicyclic) bond motifs is 3. The number of hydrogen-bond acceptors (Lipinski definition) is 5. The van der Waals surface area contributed by atoms with Gasteiger partial charge in [0.25, 0.3) is 11.8 Å². The molecule has 0 unspecified atom stereocenters. The zero-order valence-electron chi connectivity index (χ0n) is 16.3. The summed E-state index contributed by atoms with van der Waals surface area (Å²) in [6, 6.07) is 7.38. The Morgan fingerprint density at radius 3 is 2.90 bits per heavy atom. The second-order valence-electron chi connectivity index (χ2n) is 7.41. The molecule has 8 nitrogen and oxygen atoms in total. The SMILES string of the molecule is CN1CC(=O)Nc2sc3c(c2C1=O)CCN(C(=O)c1cccc(-c2ncc[nH]2)c1)C3. The number of carbonyl (C=O) groups excluding carboxylic acids is 3. The van der Waals surface area contributed by atoms with Crippen molar-refractivity contribution < 1.29 is 14.4 Å². The van der Waals surface area contributed by atoms with E-state index >= 15 is 0 Å². The third-order valence-electron chi connectivity index (χ3n) is 5.42. The van der Waals surface area contributed by atoms with Gasteiger partial charge in [-0.25, -0.2) is 4.98 Å². The Morgan fingerprint density at radius 1 is 1.23 bits per heavy atom. The highest BCUT2D eigenvalue weighted by Crippen LogP contribution is 2.39. The maximum absolute atomic E-state index is 13.2. The van der Waals surface area contributed by atoms with Crippen LogP contribution in [-0.2, 0) is 17.8 Å². The molecular weight excluding hydrogens is 402 g/mol. The van der Waals surface area contributed by atoms with Gasteiger partial charge in [0.1, 0.15) is 10.8 Å². The van der Waals surface area contributed by atoms with Crippen molar-refractivity contribution in [3.63, 3.8) is 0 Å². The molecule has 2 aliphatic heterocycles. The molecule has 0 atom stereocenters. The van der Waals surface area contributed by atoms with Gasteiger partial charge in [-0.3, -0.25) is 14.4 Å². The zero-order chi connectivity index (χ0) is 20.8. The minimum atomic E-state index is -0.203. The number of benzene rings is 1. The number of aromatic nitrogens is 2. The van der Waals surface area contributed by atoms with Gasteiger partial charge < -0.3 is 20.1 Å². The standard InChI is InChI=1S/C21H19N5O3S/c1-25-11-16(27)24-19-17(21(25)29)14-5-8-26(10-15(14)30-19)20(28)13-4-2-3-12(9-13)18-22-6-7-23-18/h2-4,6-7,9H,5,8,10-11H2,1H3,(H,22,23)(H,24,27). The Kier molecular flexibility index (Phi) is 4.39. The maximum atomic E-state index is 13.2. The van der Waals surface area contributed by atoms with Crippen molar-refractivity contribution >= 4 is 34.1 Å². The minimum absolute atomic E-state index is 0.0472. The van der Waals surface area contributed by atoms with E-state index in [9.17, 15) is 14.4 Å². The Balaban J connectivity index is 1.42. The number of imidazole rings is 1. The van der Waals surface area contributed by atoms with Gasteiger partial charge >= 0.3 is 0 Å². The first-order chi connectivity index (χ1) is 14.5. The second kappa shape index (κ2) is 7.10. The van der Waals surface area contributed by atoms with Gasteiger partial charge in [0, 0.05) is 42.0 Å². The first-order valence-electron chi connectivity index (χ1n) is 9.60. The topological polar surface area (TPSA) is 98.4 Å². The smallest absolute Gasteiger partial charge is 0.257 e.